The van der Waals surface area contributed by atoms with Gasteiger partial charge >= 0.3 is 6.18 Å². The van der Waals surface area contributed by atoms with Gasteiger partial charge in [-0.2, -0.15) is 13.2 Å². The van der Waals surface area contributed by atoms with E-state index in [1.807, 2.05) is 12.3 Å². The quantitative estimate of drug-likeness (QED) is 0.750. The summed E-state index contributed by atoms with van der Waals surface area (Å²) in [6.45, 7) is 0. The van der Waals surface area contributed by atoms with Crippen molar-refractivity contribution in [3.05, 3.63) is 54.0 Å². The third kappa shape index (κ3) is 3.85. The number of halogens is 3. The van der Waals surface area contributed by atoms with Crippen LogP contribution in [0.3, 0.4) is 0 Å². The van der Waals surface area contributed by atoms with E-state index in [2.05, 4.69) is 32.2 Å². The van der Waals surface area contributed by atoms with Gasteiger partial charge in [-0.15, -0.1) is 0 Å². The van der Waals surface area contributed by atoms with Gasteiger partial charge in [-0.25, -0.2) is 10.4 Å². The molecule has 0 bridgehead atoms. The van der Waals surface area contributed by atoms with Crippen molar-refractivity contribution in [3.8, 4) is 0 Å². The molecule has 2 aromatic heterocycles. The highest BCUT2D eigenvalue weighted by atomic mass is 19.4. The number of amides is 1. The van der Waals surface area contributed by atoms with Crippen molar-refractivity contribution in [1.82, 2.24) is 20.8 Å². The van der Waals surface area contributed by atoms with Crippen LogP contribution in [0.5, 0.6) is 0 Å². The highest BCUT2D eigenvalue weighted by molar-refractivity contribution is 5.94. The van der Waals surface area contributed by atoms with Crippen LogP contribution in [0.2, 0.25) is 0 Å². The zero-order valence-corrected chi connectivity index (χ0v) is 14.9. The number of rotatable bonds is 3. The van der Waals surface area contributed by atoms with Crippen LogP contribution in [0.15, 0.2) is 42.9 Å². The van der Waals surface area contributed by atoms with Gasteiger partial charge in [0.05, 0.1) is 5.56 Å². The van der Waals surface area contributed by atoms with E-state index in [-0.39, 0.29) is 23.7 Å². The number of nitrogens with one attached hydrogen (secondary N) is 3. The van der Waals surface area contributed by atoms with Crippen LogP contribution in [-0.4, -0.2) is 28.0 Å². The van der Waals surface area contributed by atoms with Gasteiger partial charge in [0, 0.05) is 30.6 Å². The molecule has 9 heteroatoms. The fourth-order valence-corrected chi connectivity index (χ4v) is 4.08. The van der Waals surface area contributed by atoms with Gasteiger partial charge in [0.15, 0.2) is 0 Å². The second-order valence-corrected chi connectivity index (χ2v) is 7.25. The SMILES string of the molecule is O=C(Nc1ccc(C(F)(F)F)cn1)C1NNC2CCC(c3cccnc3)CC21. The zero-order valence-electron chi connectivity index (χ0n) is 14.9. The number of carbonyl (C=O) groups is 1. The van der Waals surface area contributed by atoms with Gasteiger partial charge in [-0.05, 0) is 48.9 Å². The van der Waals surface area contributed by atoms with Crippen molar-refractivity contribution in [3.63, 3.8) is 0 Å². The number of hydrogen-bond acceptors (Lipinski definition) is 5. The topological polar surface area (TPSA) is 78.9 Å². The minimum atomic E-state index is -4.46. The lowest BCUT2D eigenvalue weighted by Crippen LogP contribution is -2.42. The maximum absolute atomic E-state index is 12.7. The molecule has 0 spiro atoms. The van der Waals surface area contributed by atoms with Crippen LogP contribution in [0.1, 0.15) is 36.3 Å². The van der Waals surface area contributed by atoms with E-state index in [0.717, 1.165) is 37.1 Å². The Labute approximate surface area is 159 Å². The number of hydrogen-bond donors (Lipinski definition) is 3. The Bertz CT molecular complexity index is 828. The zero-order chi connectivity index (χ0) is 19.7. The Morgan fingerprint density at radius 1 is 1.14 bits per heavy atom. The number of fused-ring (bicyclic) bond motifs is 1. The van der Waals surface area contributed by atoms with Crippen molar-refractivity contribution in [1.29, 1.82) is 0 Å². The highest BCUT2D eigenvalue weighted by Gasteiger charge is 2.44. The van der Waals surface area contributed by atoms with E-state index < -0.39 is 17.8 Å². The maximum atomic E-state index is 12.7. The third-order valence-corrected chi connectivity index (χ3v) is 5.53. The largest absolute Gasteiger partial charge is 0.417 e. The maximum Gasteiger partial charge on any atom is 0.417 e. The molecule has 1 aliphatic carbocycles. The molecule has 0 aromatic carbocycles. The predicted molar refractivity (Wildman–Crippen MR) is 96.0 cm³/mol. The summed E-state index contributed by atoms with van der Waals surface area (Å²) in [7, 11) is 0. The normalized spacial score (nSPS) is 27.2. The van der Waals surface area contributed by atoms with Gasteiger partial charge in [0.1, 0.15) is 11.9 Å². The second kappa shape index (κ2) is 7.48. The molecule has 4 rings (SSSR count). The molecule has 2 aliphatic rings. The molecule has 148 valence electrons. The van der Waals surface area contributed by atoms with Crippen molar-refractivity contribution >= 4 is 11.7 Å². The average molecular weight is 391 g/mol. The number of aromatic nitrogens is 2. The van der Waals surface area contributed by atoms with E-state index in [1.54, 1.807) is 6.20 Å². The summed E-state index contributed by atoms with van der Waals surface area (Å²) in [6, 6.07) is 5.74. The molecule has 2 fully saturated rings. The van der Waals surface area contributed by atoms with Crippen molar-refractivity contribution < 1.29 is 18.0 Å². The van der Waals surface area contributed by atoms with Crippen molar-refractivity contribution in [2.75, 3.05) is 5.32 Å². The number of nitrogens with zero attached hydrogens (tertiary/aromatic N) is 2. The lowest BCUT2D eigenvalue weighted by atomic mass is 9.73. The molecular weight excluding hydrogens is 371 g/mol. The molecule has 0 radical (unpaired) electrons. The minimum Gasteiger partial charge on any atom is -0.309 e. The van der Waals surface area contributed by atoms with E-state index in [9.17, 15) is 18.0 Å². The van der Waals surface area contributed by atoms with E-state index in [0.29, 0.717) is 5.92 Å². The Balaban J connectivity index is 1.43. The molecule has 1 amide bonds. The van der Waals surface area contributed by atoms with Crippen LogP contribution in [0.4, 0.5) is 19.0 Å². The molecule has 3 heterocycles. The van der Waals surface area contributed by atoms with Crippen LogP contribution in [-0.2, 0) is 11.0 Å². The van der Waals surface area contributed by atoms with Gasteiger partial charge < -0.3 is 5.32 Å². The average Bonchev–Trinajstić information content (AvgIpc) is 3.12. The van der Waals surface area contributed by atoms with Gasteiger partial charge in [0.25, 0.3) is 0 Å². The number of hydrazine groups is 1. The summed E-state index contributed by atoms with van der Waals surface area (Å²) in [4.78, 5) is 20.6. The van der Waals surface area contributed by atoms with Crippen molar-refractivity contribution in [2.24, 2.45) is 5.92 Å². The molecule has 3 N–H and O–H groups in total. The molecule has 4 atom stereocenters. The van der Waals surface area contributed by atoms with Crippen LogP contribution in [0.25, 0.3) is 0 Å². The number of carbonyl (C=O) groups excluding carboxylic acids is 1. The van der Waals surface area contributed by atoms with Crippen LogP contribution < -0.4 is 16.2 Å². The molecule has 4 unspecified atom stereocenters. The summed E-state index contributed by atoms with van der Waals surface area (Å²) in [5, 5.41) is 2.62. The van der Waals surface area contributed by atoms with E-state index in [4.69, 9.17) is 0 Å². The first-order valence-electron chi connectivity index (χ1n) is 9.17. The minimum absolute atomic E-state index is 0.0772. The lowest BCUT2D eigenvalue weighted by Gasteiger charge is -2.32. The molecule has 2 aromatic rings. The Morgan fingerprint density at radius 2 is 2.00 bits per heavy atom. The number of alkyl halides is 3. The second-order valence-electron chi connectivity index (χ2n) is 7.25. The van der Waals surface area contributed by atoms with Crippen LogP contribution in [0, 0.1) is 5.92 Å². The lowest BCUT2D eigenvalue weighted by molar-refractivity contribution is -0.137. The van der Waals surface area contributed by atoms with E-state index >= 15 is 0 Å². The third-order valence-electron chi connectivity index (χ3n) is 5.53. The molecule has 6 nitrogen and oxygen atoms in total. The number of anilines is 1. The summed E-state index contributed by atoms with van der Waals surface area (Å²) in [6.07, 6.45) is 2.63. The number of pyridine rings is 2. The Hall–Kier alpha value is -2.52. The monoisotopic (exact) mass is 391 g/mol. The molecule has 28 heavy (non-hydrogen) atoms. The molecule has 1 saturated carbocycles. The summed E-state index contributed by atoms with van der Waals surface area (Å²) < 4.78 is 37.9. The molecular formula is C19H20F3N5O. The van der Waals surface area contributed by atoms with Gasteiger partial charge in [0.2, 0.25) is 5.91 Å². The Kier molecular flexibility index (Phi) is 5.03. The summed E-state index contributed by atoms with van der Waals surface area (Å²) >= 11 is 0. The van der Waals surface area contributed by atoms with E-state index in [1.165, 1.54) is 6.07 Å². The fraction of sp³-hybridized carbons (Fsp3) is 0.421. The highest BCUT2D eigenvalue weighted by Crippen LogP contribution is 2.39. The summed E-state index contributed by atoms with van der Waals surface area (Å²) in [5.41, 5.74) is 6.54. The fourth-order valence-electron chi connectivity index (χ4n) is 4.08. The van der Waals surface area contributed by atoms with Crippen LogP contribution >= 0.6 is 0 Å². The first-order chi connectivity index (χ1) is 13.4. The molecule has 1 aliphatic heterocycles. The smallest absolute Gasteiger partial charge is 0.309 e. The first kappa shape index (κ1) is 18.8. The van der Waals surface area contributed by atoms with Gasteiger partial charge in [-0.1, -0.05) is 6.07 Å². The molecule has 1 saturated heterocycles. The Morgan fingerprint density at radius 3 is 2.68 bits per heavy atom. The first-order valence-corrected chi connectivity index (χ1v) is 9.17. The van der Waals surface area contributed by atoms with Gasteiger partial charge in [-0.3, -0.25) is 15.2 Å². The predicted octanol–water partition coefficient (Wildman–Crippen LogP) is 2.86. The van der Waals surface area contributed by atoms with Crippen molar-refractivity contribution in [2.45, 2.75) is 43.4 Å². The standard InChI is InChI=1S/C19H20F3N5O/c20-19(21,22)13-4-6-16(24-10-13)25-18(28)17-14-8-11(3-5-15(14)26-27-17)12-2-1-7-23-9-12/h1-2,4,6-7,9-11,14-15,17,26-27H,3,5,8H2,(H,24,25,28). The summed E-state index contributed by atoms with van der Waals surface area (Å²) in [5.74, 6) is 0.200.